The first-order chi connectivity index (χ1) is 12.7. The summed E-state index contributed by atoms with van der Waals surface area (Å²) in [5.41, 5.74) is 3.41. The molecule has 0 spiro atoms. The van der Waals surface area contributed by atoms with Gasteiger partial charge < -0.3 is 19.5 Å². The first kappa shape index (κ1) is 18.3. The van der Waals surface area contributed by atoms with Crippen LogP contribution in [0.2, 0.25) is 0 Å². The van der Waals surface area contributed by atoms with E-state index in [9.17, 15) is 4.79 Å². The molecule has 1 heterocycles. The van der Waals surface area contributed by atoms with Crippen LogP contribution in [0.5, 0.6) is 11.5 Å². The fourth-order valence-electron chi connectivity index (χ4n) is 3.30. The number of benzene rings is 2. The summed E-state index contributed by atoms with van der Waals surface area (Å²) in [5.74, 6) is 1.28. The zero-order chi connectivity index (χ0) is 18.4. The Morgan fingerprint density at radius 1 is 1.12 bits per heavy atom. The van der Waals surface area contributed by atoms with Crippen molar-refractivity contribution in [1.82, 2.24) is 5.32 Å². The molecule has 0 saturated carbocycles. The van der Waals surface area contributed by atoms with E-state index in [2.05, 4.69) is 5.32 Å². The zero-order valence-corrected chi connectivity index (χ0v) is 15.3. The van der Waals surface area contributed by atoms with Crippen molar-refractivity contribution >= 4 is 5.97 Å². The second-order valence-electron chi connectivity index (χ2n) is 6.35. The van der Waals surface area contributed by atoms with Gasteiger partial charge in [-0.1, -0.05) is 30.3 Å². The van der Waals surface area contributed by atoms with Crippen LogP contribution in [0.15, 0.2) is 42.5 Å². The number of rotatable bonds is 7. The maximum absolute atomic E-state index is 12.1. The van der Waals surface area contributed by atoms with Crippen molar-refractivity contribution in [1.29, 1.82) is 0 Å². The van der Waals surface area contributed by atoms with Crippen LogP contribution in [0.3, 0.4) is 0 Å². The van der Waals surface area contributed by atoms with E-state index < -0.39 is 0 Å². The van der Waals surface area contributed by atoms with Gasteiger partial charge in [0, 0.05) is 12.5 Å². The molecule has 3 rings (SSSR count). The summed E-state index contributed by atoms with van der Waals surface area (Å²) in [7, 11) is 3.28. The third kappa shape index (κ3) is 4.35. The molecule has 1 N–H and O–H groups in total. The van der Waals surface area contributed by atoms with Crippen LogP contribution in [0.1, 0.15) is 35.6 Å². The normalized spacial score (nSPS) is 15.8. The third-order valence-electron chi connectivity index (χ3n) is 4.69. The number of nitrogens with one attached hydrogen (secondary N) is 1. The van der Waals surface area contributed by atoms with E-state index in [0.717, 1.165) is 24.3 Å². The lowest BCUT2D eigenvalue weighted by atomic mass is 9.91. The molecule has 26 heavy (non-hydrogen) atoms. The number of methoxy groups -OCH3 is 2. The minimum atomic E-state index is -0.178. The Bertz CT molecular complexity index is 745. The highest BCUT2D eigenvalue weighted by Crippen LogP contribution is 2.36. The summed E-state index contributed by atoms with van der Waals surface area (Å²) in [6.07, 6.45) is 2.00. The Balaban J connectivity index is 1.60. The van der Waals surface area contributed by atoms with Crippen LogP contribution >= 0.6 is 0 Å². The SMILES string of the molecule is COc1cc2c(cc1OC)C(CCC(=O)OCc1ccccc1)NCC2. The van der Waals surface area contributed by atoms with E-state index >= 15 is 0 Å². The molecule has 0 aliphatic carbocycles. The minimum absolute atomic E-state index is 0.114. The maximum Gasteiger partial charge on any atom is 0.306 e. The van der Waals surface area contributed by atoms with Gasteiger partial charge in [0.25, 0.3) is 0 Å². The number of carbonyl (C=O) groups excluding carboxylic acids is 1. The summed E-state index contributed by atoms with van der Waals surface area (Å²) in [4.78, 5) is 12.1. The van der Waals surface area contributed by atoms with Crippen molar-refractivity contribution in [3.05, 3.63) is 59.2 Å². The molecule has 0 amide bonds. The van der Waals surface area contributed by atoms with Gasteiger partial charge in [-0.25, -0.2) is 0 Å². The molecule has 0 aromatic heterocycles. The van der Waals surface area contributed by atoms with Crippen LogP contribution in [0, 0.1) is 0 Å². The number of hydrogen-bond acceptors (Lipinski definition) is 5. The van der Waals surface area contributed by atoms with Gasteiger partial charge in [-0.2, -0.15) is 0 Å². The average Bonchev–Trinajstić information content (AvgIpc) is 2.70. The highest BCUT2D eigenvalue weighted by molar-refractivity contribution is 5.69. The molecule has 138 valence electrons. The second kappa shape index (κ2) is 8.72. The monoisotopic (exact) mass is 355 g/mol. The van der Waals surface area contributed by atoms with Gasteiger partial charge in [0.2, 0.25) is 0 Å². The summed E-state index contributed by atoms with van der Waals surface area (Å²) in [6.45, 7) is 1.20. The third-order valence-corrected chi connectivity index (χ3v) is 4.69. The van der Waals surface area contributed by atoms with Gasteiger partial charge in [0.15, 0.2) is 11.5 Å². The van der Waals surface area contributed by atoms with Crippen molar-refractivity contribution < 1.29 is 19.0 Å². The zero-order valence-electron chi connectivity index (χ0n) is 15.3. The van der Waals surface area contributed by atoms with Gasteiger partial charge >= 0.3 is 5.97 Å². The van der Waals surface area contributed by atoms with Crippen LogP contribution in [-0.4, -0.2) is 26.7 Å². The molecule has 1 unspecified atom stereocenters. The molecular formula is C21H25NO4. The predicted octanol–water partition coefficient (Wildman–Crippen LogP) is 3.41. The number of ether oxygens (including phenoxy) is 3. The molecule has 0 saturated heterocycles. The van der Waals surface area contributed by atoms with E-state index in [1.54, 1.807) is 14.2 Å². The molecule has 2 aromatic carbocycles. The minimum Gasteiger partial charge on any atom is -0.493 e. The highest BCUT2D eigenvalue weighted by Gasteiger charge is 2.23. The first-order valence-corrected chi connectivity index (χ1v) is 8.89. The number of hydrogen-bond donors (Lipinski definition) is 1. The first-order valence-electron chi connectivity index (χ1n) is 8.89. The molecule has 5 heteroatoms. The molecule has 5 nitrogen and oxygen atoms in total. The molecule has 1 aliphatic heterocycles. The summed E-state index contributed by atoms with van der Waals surface area (Å²) >= 11 is 0. The summed E-state index contributed by atoms with van der Waals surface area (Å²) < 4.78 is 16.2. The fraction of sp³-hybridized carbons (Fsp3) is 0.381. The molecule has 0 radical (unpaired) electrons. The molecule has 2 aromatic rings. The Kier molecular flexibility index (Phi) is 6.12. The van der Waals surface area contributed by atoms with Crippen LogP contribution in [0.4, 0.5) is 0 Å². The fourth-order valence-corrected chi connectivity index (χ4v) is 3.30. The van der Waals surface area contributed by atoms with Gasteiger partial charge in [-0.15, -0.1) is 0 Å². The smallest absolute Gasteiger partial charge is 0.306 e. The van der Waals surface area contributed by atoms with Crippen LogP contribution in [0.25, 0.3) is 0 Å². The topological polar surface area (TPSA) is 56.8 Å². The Labute approximate surface area is 154 Å². The predicted molar refractivity (Wildman–Crippen MR) is 99.5 cm³/mol. The second-order valence-corrected chi connectivity index (χ2v) is 6.35. The average molecular weight is 355 g/mol. The van der Waals surface area contributed by atoms with Gasteiger partial charge in [-0.3, -0.25) is 4.79 Å². The van der Waals surface area contributed by atoms with Crippen LogP contribution in [-0.2, 0) is 22.6 Å². The molecular weight excluding hydrogens is 330 g/mol. The maximum atomic E-state index is 12.1. The number of fused-ring (bicyclic) bond motifs is 1. The van der Waals surface area contributed by atoms with Gasteiger partial charge in [0.05, 0.1) is 14.2 Å². The lowest BCUT2D eigenvalue weighted by Gasteiger charge is -2.28. The Morgan fingerprint density at radius 3 is 2.58 bits per heavy atom. The Hall–Kier alpha value is -2.53. The van der Waals surface area contributed by atoms with E-state index in [0.29, 0.717) is 25.2 Å². The van der Waals surface area contributed by atoms with E-state index in [4.69, 9.17) is 14.2 Å². The summed E-state index contributed by atoms with van der Waals surface area (Å²) in [6, 6.07) is 13.9. The quantitative estimate of drug-likeness (QED) is 0.772. The van der Waals surface area contributed by atoms with E-state index in [1.165, 1.54) is 11.1 Å². The van der Waals surface area contributed by atoms with Crippen molar-refractivity contribution in [2.45, 2.75) is 31.9 Å². The standard InChI is InChI=1S/C21H25NO4/c1-24-19-12-16-10-11-22-18(17(16)13-20(19)25-2)8-9-21(23)26-14-15-6-4-3-5-7-15/h3-7,12-13,18,22H,8-11,14H2,1-2H3. The lowest BCUT2D eigenvalue weighted by molar-refractivity contribution is -0.145. The van der Waals surface area contributed by atoms with Crippen molar-refractivity contribution in [3.63, 3.8) is 0 Å². The van der Waals surface area contributed by atoms with Crippen molar-refractivity contribution in [2.75, 3.05) is 20.8 Å². The van der Waals surface area contributed by atoms with E-state index in [-0.39, 0.29) is 12.0 Å². The van der Waals surface area contributed by atoms with Gasteiger partial charge in [0.1, 0.15) is 6.61 Å². The molecule has 1 atom stereocenters. The van der Waals surface area contributed by atoms with Crippen molar-refractivity contribution in [3.8, 4) is 11.5 Å². The molecule has 0 fully saturated rings. The Morgan fingerprint density at radius 2 is 1.85 bits per heavy atom. The summed E-state index contributed by atoms with van der Waals surface area (Å²) in [5, 5.41) is 3.49. The number of esters is 1. The molecule has 1 aliphatic rings. The van der Waals surface area contributed by atoms with Crippen molar-refractivity contribution in [2.24, 2.45) is 0 Å². The lowest BCUT2D eigenvalue weighted by Crippen LogP contribution is -2.30. The van der Waals surface area contributed by atoms with Gasteiger partial charge in [-0.05, 0) is 48.2 Å². The van der Waals surface area contributed by atoms with Crippen LogP contribution < -0.4 is 14.8 Å². The largest absolute Gasteiger partial charge is 0.493 e. The number of carbonyl (C=O) groups is 1. The van der Waals surface area contributed by atoms with E-state index in [1.807, 2.05) is 42.5 Å². The highest BCUT2D eigenvalue weighted by atomic mass is 16.5. The molecule has 0 bridgehead atoms.